The van der Waals surface area contributed by atoms with Crippen LogP contribution in [0.2, 0.25) is 0 Å². The molecule has 3 aliphatic rings. The lowest BCUT2D eigenvalue weighted by Crippen LogP contribution is -3.14. The van der Waals surface area contributed by atoms with Crippen LogP contribution in [0.3, 0.4) is 0 Å². The number of thioether (sulfide) groups is 2. The quantitative estimate of drug-likeness (QED) is 0.782. The molecule has 21 heavy (non-hydrogen) atoms. The highest BCUT2D eigenvalue weighted by Gasteiger charge is 2.51. The lowest BCUT2D eigenvalue weighted by Gasteiger charge is -2.34. The molecule has 3 nitrogen and oxygen atoms in total. The minimum Gasteiger partial charge on any atom is -0.794 e. The van der Waals surface area contributed by atoms with E-state index in [4.69, 9.17) is 0 Å². The van der Waals surface area contributed by atoms with Crippen LogP contribution >= 0.6 is 23.5 Å². The van der Waals surface area contributed by atoms with Gasteiger partial charge in [-0.1, -0.05) is 47.8 Å². The summed E-state index contributed by atoms with van der Waals surface area (Å²) in [6.07, 6.45) is 0.572. The van der Waals surface area contributed by atoms with E-state index in [2.05, 4.69) is 29.6 Å². The summed E-state index contributed by atoms with van der Waals surface area (Å²) in [6, 6.07) is 16.4. The first-order valence-corrected chi connectivity index (χ1v) is 8.52. The molecule has 3 heterocycles. The van der Waals surface area contributed by atoms with E-state index in [0.717, 1.165) is 27.0 Å². The normalized spacial score (nSPS) is 28.5. The molecule has 0 radical (unpaired) electrons. The van der Waals surface area contributed by atoms with Crippen molar-refractivity contribution in [2.24, 2.45) is 0 Å². The Bertz CT molecular complexity index is 804. The van der Waals surface area contributed by atoms with Gasteiger partial charge in [-0.25, -0.2) is 0 Å². The summed E-state index contributed by atoms with van der Waals surface area (Å²) in [5.41, 5.74) is 2.21. The van der Waals surface area contributed by atoms with Gasteiger partial charge in [-0.15, -0.1) is 0 Å². The summed E-state index contributed by atoms with van der Waals surface area (Å²) in [7, 11) is 0. The third kappa shape index (κ3) is 1.60. The topological polar surface area (TPSA) is 39.5 Å². The molecule has 3 aliphatic heterocycles. The van der Waals surface area contributed by atoms with E-state index < -0.39 is 5.06 Å². The molecule has 2 unspecified atom stereocenters. The van der Waals surface area contributed by atoms with E-state index in [1.165, 1.54) is 21.6 Å². The number of rotatable bonds is 0. The van der Waals surface area contributed by atoms with Crippen molar-refractivity contribution >= 4 is 34.9 Å². The van der Waals surface area contributed by atoms with E-state index in [0.29, 0.717) is 6.42 Å². The monoisotopic (exact) mass is 312 g/mol. The van der Waals surface area contributed by atoms with Crippen molar-refractivity contribution in [2.45, 2.75) is 21.3 Å². The van der Waals surface area contributed by atoms with Gasteiger partial charge in [0.1, 0.15) is 5.06 Å². The van der Waals surface area contributed by atoms with Crippen LogP contribution < -0.4 is 15.3 Å². The molecule has 2 atom stereocenters. The molecule has 0 aromatic heterocycles. The van der Waals surface area contributed by atoms with E-state index in [9.17, 15) is 5.11 Å². The van der Waals surface area contributed by atoms with Crippen molar-refractivity contribution in [3.63, 3.8) is 0 Å². The van der Waals surface area contributed by atoms with Gasteiger partial charge < -0.3 is 10.4 Å². The van der Waals surface area contributed by atoms with Gasteiger partial charge in [0, 0.05) is 17.4 Å². The first-order valence-electron chi connectivity index (χ1n) is 6.88. The molecule has 2 N–H and O–H groups in total. The third-order valence-corrected chi connectivity index (χ3v) is 6.54. The fourth-order valence-electron chi connectivity index (χ4n) is 3.23. The Morgan fingerprint density at radius 3 is 2.71 bits per heavy atom. The van der Waals surface area contributed by atoms with Crippen molar-refractivity contribution in [3.8, 4) is 0 Å². The smallest absolute Gasteiger partial charge is 0.219 e. The fourth-order valence-corrected chi connectivity index (χ4v) is 5.81. The molecule has 0 amide bonds. The minimum atomic E-state index is -1.06. The van der Waals surface area contributed by atoms with Crippen molar-refractivity contribution in [2.75, 3.05) is 5.32 Å². The predicted molar refractivity (Wildman–Crippen MR) is 83.2 cm³/mol. The Balaban J connectivity index is 1.65. The van der Waals surface area contributed by atoms with Gasteiger partial charge in [-0.05, 0) is 18.2 Å². The maximum Gasteiger partial charge on any atom is 0.219 e. The van der Waals surface area contributed by atoms with Gasteiger partial charge in [0.15, 0.2) is 5.69 Å². The number of hydrogen-bond acceptors (Lipinski definition) is 4. The maximum absolute atomic E-state index is 13.3. The Labute approximate surface area is 131 Å². The number of quaternary nitrogens is 1. The molecular formula is C16H12N2OS2. The van der Waals surface area contributed by atoms with Gasteiger partial charge in [-0.2, -0.15) is 0 Å². The van der Waals surface area contributed by atoms with Crippen LogP contribution in [0, 0.1) is 0 Å². The van der Waals surface area contributed by atoms with Crippen LogP contribution in [0.1, 0.15) is 6.42 Å². The van der Waals surface area contributed by atoms with Crippen molar-refractivity contribution in [1.29, 1.82) is 0 Å². The predicted octanol–water partition coefficient (Wildman–Crippen LogP) is 2.11. The fraction of sp³-hybridized carbons (Fsp3) is 0.125. The Hall–Kier alpha value is -1.40. The standard InChI is InChI=1S/C16H11N2OS2/c19-16-9-14-15(17-10-5-1-3-7-12(10)20-14)18(16)11-6-2-4-8-13(11)21-16/h1-8,17H,9H2/q-1/p+1. The van der Waals surface area contributed by atoms with Crippen molar-refractivity contribution < 1.29 is 10.0 Å². The summed E-state index contributed by atoms with van der Waals surface area (Å²) >= 11 is 3.21. The second-order valence-corrected chi connectivity index (χ2v) is 7.86. The zero-order valence-electron chi connectivity index (χ0n) is 11.1. The number of nitrogens with one attached hydrogen (secondary N) is 2. The zero-order valence-corrected chi connectivity index (χ0v) is 12.7. The number of para-hydroxylation sites is 2. The lowest BCUT2D eigenvalue weighted by molar-refractivity contribution is -0.916. The van der Waals surface area contributed by atoms with Crippen LogP contribution in [-0.2, 0) is 0 Å². The molecule has 0 bridgehead atoms. The molecule has 0 spiro atoms. The van der Waals surface area contributed by atoms with E-state index in [-0.39, 0.29) is 0 Å². The molecule has 5 heteroatoms. The van der Waals surface area contributed by atoms with E-state index >= 15 is 0 Å². The van der Waals surface area contributed by atoms with Gasteiger partial charge in [0.05, 0.1) is 15.5 Å². The first kappa shape index (κ1) is 12.2. The summed E-state index contributed by atoms with van der Waals surface area (Å²) in [5.74, 6) is 1.05. The molecule has 0 fully saturated rings. The minimum absolute atomic E-state index is 0.572. The molecule has 104 valence electrons. The highest BCUT2D eigenvalue weighted by molar-refractivity contribution is 8.03. The number of benzene rings is 2. The van der Waals surface area contributed by atoms with E-state index in [1.807, 2.05) is 24.3 Å². The van der Waals surface area contributed by atoms with Gasteiger partial charge >= 0.3 is 0 Å². The van der Waals surface area contributed by atoms with Gasteiger partial charge in [0.25, 0.3) is 0 Å². The molecule has 0 saturated heterocycles. The molecule has 0 aliphatic carbocycles. The molecular weight excluding hydrogens is 300 g/mol. The Morgan fingerprint density at radius 1 is 1.05 bits per heavy atom. The van der Waals surface area contributed by atoms with Crippen LogP contribution in [0.25, 0.3) is 0 Å². The van der Waals surface area contributed by atoms with Crippen molar-refractivity contribution in [1.82, 2.24) is 0 Å². The second kappa shape index (κ2) is 4.08. The molecule has 2 aromatic rings. The zero-order chi connectivity index (χ0) is 14.0. The maximum atomic E-state index is 13.3. The molecule has 5 rings (SSSR count). The average Bonchev–Trinajstić information content (AvgIpc) is 2.92. The average molecular weight is 312 g/mol. The summed E-state index contributed by atoms with van der Waals surface area (Å²) in [5, 5.41) is 15.7. The van der Waals surface area contributed by atoms with Crippen LogP contribution in [0.4, 0.5) is 11.4 Å². The van der Waals surface area contributed by atoms with Gasteiger partial charge in [-0.3, -0.25) is 4.90 Å². The van der Waals surface area contributed by atoms with Crippen LogP contribution in [0.15, 0.2) is 69.0 Å². The van der Waals surface area contributed by atoms with E-state index in [1.54, 1.807) is 11.8 Å². The number of anilines is 1. The molecule has 0 saturated carbocycles. The summed E-state index contributed by atoms with van der Waals surface area (Å²) in [4.78, 5) is 4.44. The van der Waals surface area contributed by atoms with Gasteiger partial charge in [0.2, 0.25) is 5.82 Å². The van der Waals surface area contributed by atoms with Crippen LogP contribution in [0.5, 0.6) is 0 Å². The SMILES string of the molecule is [O-]C12CC3=C(Nc4ccccc4S3)[NH+]1c1ccccc1S2. The Kier molecular flexibility index (Phi) is 2.36. The highest BCUT2D eigenvalue weighted by Crippen LogP contribution is 2.50. The number of fused-ring (bicyclic) bond motifs is 5. The molecule has 2 aromatic carbocycles. The lowest BCUT2D eigenvalue weighted by atomic mass is 10.3. The highest BCUT2D eigenvalue weighted by atomic mass is 32.2. The van der Waals surface area contributed by atoms with Crippen LogP contribution in [-0.4, -0.2) is 5.06 Å². The summed E-state index contributed by atoms with van der Waals surface area (Å²) < 4.78 is 0. The number of hydrogen-bond donors (Lipinski definition) is 2. The Morgan fingerprint density at radius 2 is 1.81 bits per heavy atom. The largest absolute Gasteiger partial charge is 0.794 e. The second-order valence-electron chi connectivity index (χ2n) is 5.42. The summed E-state index contributed by atoms with van der Waals surface area (Å²) in [6.45, 7) is 0. The third-order valence-electron chi connectivity index (χ3n) is 4.11. The first-order chi connectivity index (χ1) is 10.2. The van der Waals surface area contributed by atoms with Crippen molar-refractivity contribution in [3.05, 3.63) is 59.3 Å².